The third-order valence-electron chi connectivity index (χ3n) is 5.53. The molecule has 0 aromatic carbocycles. The molecular formula is C32H51NO5S. The van der Waals surface area contributed by atoms with Crippen molar-refractivity contribution in [2.75, 3.05) is 5.75 Å². The highest BCUT2D eigenvalue weighted by atomic mass is 32.2. The summed E-state index contributed by atoms with van der Waals surface area (Å²) in [4.78, 5) is 12.3. The highest BCUT2D eigenvalue weighted by Crippen LogP contribution is 2.05. The van der Waals surface area contributed by atoms with Gasteiger partial charge in [0.1, 0.15) is 0 Å². The maximum Gasteiger partial charge on any atom is 0.267 e. The maximum absolute atomic E-state index is 12.3. The number of carbonyl (C=O) groups excluding carboxylic acids is 1. The number of hydrogen-bond donors (Lipinski definition) is 3. The largest absolute Gasteiger partial charge is 0.387 e. The Morgan fingerprint density at radius 2 is 1.15 bits per heavy atom. The number of aliphatic hydroxyl groups excluding tert-OH is 1. The van der Waals surface area contributed by atoms with Crippen molar-refractivity contribution >= 4 is 16.0 Å². The molecule has 0 aromatic heterocycles. The Morgan fingerprint density at radius 1 is 0.692 bits per heavy atom. The van der Waals surface area contributed by atoms with E-state index in [1.54, 1.807) is 6.08 Å². The predicted octanol–water partition coefficient (Wildman–Crippen LogP) is 7.33. The lowest BCUT2D eigenvalue weighted by Gasteiger charge is -2.20. The van der Waals surface area contributed by atoms with Gasteiger partial charge < -0.3 is 10.4 Å². The molecule has 0 spiro atoms. The molecule has 0 rings (SSSR count). The topological polar surface area (TPSA) is 104 Å². The molecule has 0 saturated carbocycles. The second-order valence-corrected chi connectivity index (χ2v) is 10.8. The monoisotopic (exact) mass is 561 g/mol. The van der Waals surface area contributed by atoms with Gasteiger partial charge in [-0.15, -0.1) is 0 Å². The second kappa shape index (κ2) is 25.8. The zero-order chi connectivity index (χ0) is 29.0. The molecule has 0 aliphatic heterocycles. The molecule has 0 heterocycles. The predicted molar refractivity (Wildman–Crippen MR) is 165 cm³/mol. The minimum Gasteiger partial charge on any atom is -0.387 e. The normalized spacial score (nSPS) is 14.9. The van der Waals surface area contributed by atoms with E-state index in [0.29, 0.717) is 12.8 Å². The van der Waals surface area contributed by atoms with Crippen molar-refractivity contribution in [3.63, 3.8) is 0 Å². The van der Waals surface area contributed by atoms with E-state index in [1.807, 2.05) is 12.2 Å². The van der Waals surface area contributed by atoms with Crippen molar-refractivity contribution in [1.29, 1.82) is 0 Å². The van der Waals surface area contributed by atoms with Crippen LogP contribution in [0.5, 0.6) is 0 Å². The Labute approximate surface area is 237 Å². The molecule has 1 amide bonds. The van der Waals surface area contributed by atoms with Crippen molar-refractivity contribution < 1.29 is 22.9 Å². The molecule has 2 unspecified atom stereocenters. The quantitative estimate of drug-likeness (QED) is 0.0688. The fourth-order valence-corrected chi connectivity index (χ4v) is 4.17. The number of unbranched alkanes of at least 4 members (excludes halogenated alkanes) is 3. The molecule has 0 saturated heterocycles. The van der Waals surface area contributed by atoms with Gasteiger partial charge in [-0.25, -0.2) is 0 Å². The minimum atomic E-state index is -4.37. The number of rotatable bonds is 23. The summed E-state index contributed by atoms with van der Waals surface area (Å²) in [6, 6.07) is -1.12. The van der Waals surface area contributed by atoms with Gasteiger partial charge in [0, 0.05) is 6.42 Å². The SMILES string of the molecule is CC/C=C\C/C=C\C/C=C\C/C=C\CCC(=O)NC(CS(=O)(=O)O)C(O)/C=C/CC/C=C/CC/C=C/CCC. The van der Waals surface area contributed by atoms with E-state index in [-0.39, 0.29) is 12.3 Å². The maximum atomic E-state index is 12.3. The molecule has 0 aliphatic carbocycles. The third kappa shape index (κ3) is 26.9. The number of carbonyl (C=O) groups is 1. The van der Waals surface area contributed by atoms with Crippen molar-refractivity contribution in [3.05, 3.63) is 85.1 Å². The lowest BCUT2D eigenvalue weighted by atomic mass is 10.1. The summed E-state index contributed by atoms with van der Waals surface area (Å²) in [5, 5.41) is 13.0. The van der Waals surface area contributed by atoms with Crippen molar-refractivity contribution in [3.8, 4) is 0 Å². The van der Waals surface area contributed by atoms with Crippen LogP contribution in [0.1, 0.15) is 90.9 Å². The van der Waals surface area contributed by atoms with Crippen LogP contribution in [-0.4, -0.2) is 41.9 Å². The number of allylic oxidation sites excluding steroid dienone is 13. The number of nitrogens with one attached hydrogen (secondary N) is 1. The first-order valence-corrected chi connectivity index (χ1v) is 15.9. The number of hydrogen-bond acceptors (Lipinski definition) is 4. The van der Waals surface area contributed by atoms with Gasteiger partial charge in [0.25, 0.3) is 10.1 Å². The summed E-state index contributed by atoms with van der Waals surface area (Å²) in [5.41, 5.74) is 0. The van der Waals surface area contributed by atoms with Gasteiger partial charge >= 0.3 is 0 Å². The Kier molecular flexibility index (Phi) is 24.1. The van der Waals surface area contributed by atoms with E-state index >= 15 is 0 Å². The van der Waals surface area contributed by atoms with Gasteiger partial charge in [0.05, 0.1) is 17.9 Å². The molecule has 0 bridgehead atoms. The molecule has 39 heavy (non-hydrogen) atoms. The van der Waals surface area contributed by atoms with Crippen LogP contribution in [0, 0.1) is 0 Å². The van der Waals surface area contributed by atoms with Crippen LogP contribution in [0.25, 0.3) is 0 Å². The molecular weight excluding hydrogens is 510 g/mol. The molecule has 0 fully saturated rings. The molecule has 6 nitrogen and oxygen atoms in total. The summed E-state index contributed by atoms with van der Waals surface area (Å²) in [5.74, 6) is -1.13. The van der Waals surface area contributed by atoms with Crippen LogP contribution in [0.15, 0.2) is 85.1 Å². The van der Waals surface area contributed by atoms with E-state index in [9.17, 15) is 22.9 Å². The first kappa shape index (κ1) is 36.5. The van der Waals surface area contributed by atoms with E-state index in [4.69, 9.17) is 0 Å². The fraction of sp³-hybridized carbons (Fsp3) is 0.531. The molecule has 7 heteroatoms. The number of aliphatic hydroxyl groups is 1. The summed E-state index contributed by atoms with van der Waals surface area (Å²) < 4.78 is 32.1. The summed E-state index contributed by atoms with van der Waals surface area (Å²) in [7, 11) is -4.37. The molecule has 0 aromatic rings. The summed E-state index contributed by atoms with van der Waals surface area (Å²) in [6.45, 7) is 4.27. The zero-order valence-corrected chi connectivity index (χ0v) is 24.8. The van der Waals surface area contributed by atoms with Crippen molar-refractivity contribution in [2.24, 2.45) is 0 Å². The molecule has 0 aliphatic rings. The smallest absolute Gasteiger partial charge is 0.267 e. The van der Waals surface area contributed by atoms with Crippen LogP contribution in [0.2, 0.25) is 0 Å². The van der Waals surface area contributed by atoms with Gasteiger partial charge in [-0.1, -0.05) is 105 Å². The molecule has 0 radical (unpaired) electrons. The Bertz CT molecular complexity index is 926. The van der Waals surface area contributed by atoms with Crippen molar-refractivity contribution in [2.45, 2.75) is 103 Å². The van der Waals surface area contributed by atoms with Crippen LogP contribution in [0.4, 0.5) is 0 Å². The van der Waals surface area contributed by atoms with Gasteiger partial charge in [-0.05, 0) is 64.2 Å². The van der Waals surface area contributed by atoms with Gasteiger partial charge in [0.15, 0.2) is 0 Å². The minimum absolute atomic E-state index is 0.158. The average molecular weight is 562 g/mol. The Hall–Kier alpha value is -2.48. The Morgan fingerprint density at radius 3 is 1.67 bits per heavy atom. The average Bonchev–Trinajstić information content (AvgIpc) is 2.88. The first-order valence-electron chi connectivity index (χ1n) is 14.3. The number of amides is 1. The summed E-state index contributed by atoms with van der Waals surface area (Å²) >= 11 is 0. The lowest BCUT2D eigenvalue weighted by Crippen LogP contribution is -2.46. The molecule has 2 atom stereocenters. The van der Waals surface area contributed by atoms with Gasteiger partial charge in [-0.2, -0.15) is 8.42 Å². The third-order valence-corrected chi connectivity index (χ3v) is 6.31. The van der Waals surface area contributed by atoms with Crippen LogP contribution < -0.4 is 5.32 Å². The summed E-state index contributed by atoms with van der Waals surface area (Å²) in [6.07, 6.45) is 37.3. The second-order valence-electron chi connectivity index (χ2n) is 9.27. The molecule has 220 valence electrons. The lowest BCUT2D eigenvalue weighted by molar-refractivity contribution is -0.122. The highest BCUT2D eigenvalue weighted by Gasteiger charge is 2.24. The molecule has 3 N–H and O–H groups in total. The van der Waals surface area contributed by atoms with Gasteiger partial charge in [-0.3, -0.25) is 9.35 Å². The fourth-order valence-electron chi connectivity index (χ4n) is 3.44. The van der Waals surface area contributed by atoms with E-state index in [1.165, 1.54) is 6.08 Å². The van der Waals surface area contributed by atoms with Crippen LogP contribution >= 0.6 is 0 Å². The van der Waals surface area contributed by atoms with E-state index < -0.39 is 28.0 Å². The van der Waals surface area contributed by atoms with Crippen molar-refractivity contribution in [1.82, 2.24) is 5.32 Å². The van der Waals surface area contributed by atoms with Gasteiger partial charge in [0.2, 0.25) is 5.91 Å². The van der Waals surface area contributed by atoms with E-state index in [2.05, 4.69) is 79.9 Å². The first-order chi connectivity index (χ1) is 18.8. The Balaban J connectivity index is 4.39. The highest BCUT2D eigenvalue weighted by molar-refractivity contribution is 7.85. The van der Waals surface area contributed by atoms with Crippen LogP contribution in [0.3, 0.4) is 0 Å². The van der Waals surface area contributed by atoms with Crippen LogP contribution in [-0.2, 0) is 14.9 Å². The zero-order valence-electron chi connectivity index (χ0n) is 24.0. The standard InChI is InChI=1S/C32H51NO5S/c1-3-5-7-9-11-13-15-16-18-20-22-24-26-28-32(35)33-30(29-39(36,37)38)31(34)27-25-23-21-19-17-14-12-10-8-6-4-2/h5,7-8,10-11,13,16-19,22,24-25,27,30-31,34H,3-4,6,9,12,14-15,20-21,23,26,28-29H2,1-2H3,(H,33,35)(H,36,37,38)/b7-5-,10-8+,13-11-,18-16-,19-17+,24-22-,27-25+. The van der Waals surface area contributed by atoms with E-state index in [0.717, 1.165) is 57.8 Å².